The molecule has 0 aliphatic carbocycles. The van der Waals surface area contributed by atoms with Crippen LogP contribution in [0.4, 0.5) is 0 Å². The number of rotatable bonds is 3. The van der Waals surface area contributed by atoms with Gasteiger partial charge in [0.1, 0.15) is 0 Å². The van der Waals surface area contributed by atoms with E-state index in [-0.39, 0.29) is 18.4 Å². The van der Waals surface area contributed by atoms with Gasteiger partial charge in [0.2, 0.25) is 0 Å². The molecule has 0 spiro atoms. The zero-order valence-corrected chi connectivity index (χ0v) is 9.64. The van der Waals surface area contributed by atoms with Crippen LogP contribution in [0.3, 0.4) is 0 Å². The quantitative estimate of drug-likeness (QED) is 0.830. The van der Waals surface area contributed by atoms with Crippen LogP contribution >= 0.6 is 28.3 Å². The van der Waals surface area contributed by atoms with E-state index in [2.05, 4.69) is 22.5 Å². The second-order valence-corrected chi connectivity index (χ2v) is 3.51. The van der Waals surface area contributed by atoms with Gasteiger partial charge in [-0.15, -0.1) is 19.0 Å². The lowest BCUT2D eigenvalue weighted by Crippen LogP contribution is -2.09. The van der Waals surface area contributed by atoms with Crippen LogP contribution < -0.4 is 5.73 Å². The molecule has 0 aromatic heterocycles. The van der Waals surface area contributed by atoms with Crippen LogP contribution in [0.2, 0.25) is 0 Å². The van der Waals surface area contributed by atoms with Gasteiger partial charge in [0.15, 0.2) is 0 Å². The van der Waals surface area contributed by atoms with Gasteiger partial charge in [-0.3, -0.25) is 0 Å². The second kappa shape index (κ2) is 6.19. The first-order chi connectivity index (χ1) is 5.75. The van der Waals surface area contributed by atoms with Gasteiger partial charge in [-0.1, -0.05) is 40.2 Å². The summed E-state index contributed by atoms with van der Waals surface area (Å²) in [6, 6.07) is 8.05. The lowest BCUT2D eigenvalue weighted by molar-refractivity contribution is 0.738. The molecule has 0 amide bonds. The van der Waals surface area contributed by atoms with Crippen molar-refractivity contribution in [2.24, 2.45) is 5.73 Å². The van der Waals surface area contributed by atoms with Crippen LogP contribution in [-0.4, -0.2) is 0 Å². The zero-order valence-electron chi connectivity index (χ0n) is 7.24. The number of hydrogen-bond donors (Lipinski definition) is 1. The summed E-state index contributed by atoms with van der Waals surface area (Å²) in [7, 11) is 0. The molecule has 1 rings (SSSR count). The Morgan fingerprint density at radius 3 is 2.62 bits per heavy atom. The standard InChI is InChI=1S/C10H12BrN.ClH/c1-2-5-10(12)8-6-3-4-7-9(8)11;/h2-4,6-7,10H,1,5,12H2;1H/t10-;/m0./s1. The molecule has 0 saturated heterocycles. The Labute approximate surface area is 93.6 Å². The average molecular weight is 263 g/mol. The van der Waals surface area contributed by atoms with Crippen molar-refractivity contribution >= 4 is 28.3 Å². The van der Waals surface area contributed by atoms with Gasteiger partial charge in [0.05, 0.1) is 0 Å². The first kappa shape index (κ1) is 12.7. The van der Waals surface area contributed by atoms with E-state index in [4.69, 9.17) is 5.73 Å². The molecule has 0 unspecified atom stereocenters. The van der Waals surface area contributed by atoms with E-state index in [1.54, 1.807) is 0 Å². The van der Waals surface area contributed by atoms with Crippen LogP contribution in [-0.2, 0) is 0 Å². The molecule has 1 nitrogen and oxygen atoms in total. The number of nitrogens with two attached hydrogens (primary N) is 1. The summed E-state index contributed by atoms with van der Waals surface area (Å²) in [5.74, 6) is 0. The molecule has 1 aromatic rings. The van der Waals surface area contributed by atoms with Gasteiger partial charge >= 0.3 is 0 Å². The van der Waals surface area contributed by atoms with E-state index >= 15 is 0 Å². The molecule has 0 saturated carbocycles. The molecule has 0 heterocycles. The molecule has 0 fully saturated rings. The summed E-state index contributed by atoms with van der Waals surface area (Å²) >= 11 is 3.45. The highest BCUT2D eigenvalue weighted by atomic mass is 79.9. The molecule has 2 N–H and O–H groups in total. The molecular weight excluding hydrogens is 249 g/mol. The maximum Gasteiger partial charge on any atom is 0.0340 e. The summed E-state index contributed by atoms with van der Waals surface area (Å²) in [4.78, 5) is 0. The fourth-order valence-electron chi connectivity index (χ4n) is 1.08. The van der Waals surface area contributed by atoms with Crippen molar-refractivity contribution in [3.05, 3.63) is 47.0 Å². The van der Waals surface area contributed by atoms with Crippen LogP contribution in [0.5, 0.6) is 0 Å². The summed E-state index contributed by atoms with van der Waals surface area (Å²) in [6.07, 6.45) is 2.65. The highest BCUT2D eigenvalue weighted by Gasteiger charge is 2.06. The molecule has 0 aliphatic heterocycles. The molecular formula is C10H13BrClN. The molecule has 0 aliphatic rings. The third-order valence-corrected chi connectivity index (χ3v) is 2.45. The molecule has 13 heavy (non-hydrogen) atoms. The molecule has 0 radical (unpaired) electrons. The molecule has 72 valence electrons. The Bertz CT molecular complexity index is 275. The maximum absolute atomic E-state index is 5.91. The Morgan fingerprint density at radius 1 is 1.46 bits per heavy atom. The summed E-state index contributed by atoms with van der Waals surface area (Å²) in [5.41, 5.74) is 7.04. The fraction of sp³-hybridized carbons (Fsp3) is 0.200. The Kier molecular flexibility index (Phi) is 6.04. The number of halogens is 2. The van der Waals surface area contributed by atoms with Crippen molar-refractivity contribution < 1.29 is 0 Å². The fourth-order valence-corrected chi connectivity index (χ4v) is 1.66. The van der Waals surface area contributed by atoms with E-state index < -0.39 is 0 Å². The monoisotopic (exact) mass is 261 g/mol. The van der Waals surface area contributed by atoms with Gasteiger partial charge in [-0.05, 0) is 18.1 Å². The zero-order chi connectivity index (χ0) is 8.97. The van der Waals surface area contributed by atoms with Crippen molar-refractivity contribution in [3.8, 4) is 0 Å². The minimum Gasteiger partial charge on any atom is -0.324 e. The topological polar surface area (TPSA) is 26.0 Å². The van der Waals surface area contributed by atoms with Gasteiger partial charge in [0.25, 0.3) is 0 Å². The van der Waals surface area contributed by atoms with Crippen LogP contribution in [0, 0.1) is 0 Å². The van der Waals surface area contributed by atoms with Crippen molar-refractivity contribution in [3.63, 3.8) is 0 Å². The Hall–Kier alpha value is -0.310. The van der Waals surface area contributed by atoms with Crippen LogP contribution in [0.15, 0.2) is 41.4 Å². The van der Waals surface area contributed by atoms with E-state index in [9.17, 15) is 0 Å². The third-order valence-electron chi connectivity index (χ3n) is 1.73. The molecule has 1 atom stereocenters. The predicted molar refractivity (Wildman–Crippen MR) is 63.1 cm³/mol. The first-order valence-electron chi connectivity index (χ1n) is 3.86. The molecule has 0 bridgehead atoms. The van der Waals surface area contributed by atoms with E-state index in [1.165, 1.54) is 0 Å². The third kappa shape index (κ3) is 3.51. The highest BCUT2D eigenvalue weighted by molar-refractivity contribution is 9.10. The first-order valence-corrected chi connectivity index (χ1v) is 4.66. The largest absolute Gasteiger partial charge is 0.324 e. The predicted octanol–water partition coefficient (Wildman–Crippen LogP) is 3.45. The summed E-state index contributed by atoms with van der Waals surface area (Å²) < 4.78 is 1.07. The molecule has 3 heteroatoms. The minimum absolute atomic E-state index is 0. The Morgan fingerprint density at radius 2 is 2.08 bits per heavy atom. The number of benzene rings is 1. The Balaban J connectivity index is 0.00000144. The average Bonchev–Trinajstić information content (AvgIpc) is 2.05. The van der Waals surface area contributed by atoms with E-state index in [0.717, 1.165) is 16.5 Å². The maximum atomic E-state index is 5.91. The number of hydrogen-bond acceptors (Lipinski definition) is 1. The van der Waals surface area contributed by atoms with Gasteiger partial charge in [-0.2, -0.15) is 0 Å². The summed E-state index contributed by atoms with van der Waals surface area (Å²) in [5, 5.41) is 0. The van der Waals surface area contributed by atoms with Crippen molar-refractivity contribution in [2.75, 3.05) is 0 Å². The lowest BCUT2D eigenvalue weighted by Gasteiger charge is -2.10. The van der Waals surface area contributed by atoms with Crippen molar-refractivity contribution in [1.82, 2.24) is 0 Å². The minimum atomic E-state index is 0. The van der Waals surface area contributed by atoms with Crippen LogP contribution in [0.1, 0.15) is 18.0 Å². The SMILES string of the molecule is C=CC[C@H](N)c1ccccc1Br.Cl. The van der Waals surface area contributed by atoms with Crippen molar-refractivity contribution in [2.45, 2.75) is 12.5 Å². The second-order valence-electron chi connectivity index (χ2n) is 2.65. The van der Waals surface area contributed by atoms with E-state index in [1.807, 2.05) is 30.3 Å². The van der Waals surface area contributed by atoms with Gasteiger partial charge in [0, 0.05) is 10.5 Å². The van der Waals surface area contributed by atoms with Crippen molar-refractivity contribution in [1.29, 1.82) is 0 Å². The van der Waals surface area contributed by atoms with Gasteiger partial charge < -0.3 is 5.73 Å². The summed E-state index contributed by atoms with van der Waals surface area (Å²) in [6.45, 7) is 3.66. The highest BCUT2D eigenvalue weighted by Crippen LogP contribution is 2.23. The van der Waals surface area contributed by atoms with Gasteiger partial charge in [-0.25, -0.2) is 0 Å². The van der Waals surface area contributed by atoms with Crippen LogP contribution in [0.25, 0.3) is 0 Å². The smallest absolute Gasteiger partial charge is 0.0340 e. The molecule has 1 aromatic carbocycles. The lowest BCUT2D eigenvalue weighted by atomic mass is 10.1. The normalized spacial score (nSPS) is 11.5. The van der Waals surface area contributed by atoms with E-state index in [0.29, 0.717) is 0 Å².